The number of hydrogen-bond acceptors (Lipinski definition) is 3. The van der Waals surface area contributed by atoms with Gasteiger partial charge in [-0.25, -0.2) is 0 Å². The van der Waals surface area contributed by atoms with Crippen LogP contribution in [0.2, 0.25) is 0 Å². The lowest BCUT2D eigenvalue weighted by Crippen LogP contribution is -2.50. The maximum atomic E-state index is 12.9. The quantitative estimate of drug-likeness (QED) is 0.711. The monoisotopic (exact) mass is 356 g/mol. The van der Waals surface area contributed by atoms with E-state index in [0.29, 0.717) is 12.1 Å². The number of amides is 1. The molecular weight excluding hydrogens is 324 g/mol. The van der Waals surface area contributed by atoms with Crippen molar-refractivity contribution in [1.82, 2.24) is 10.6 Å². The van der Waals surface area contributed by atoms with E-state index in [1.54, 1.807) is 0 Å². The van der Waals surface area contributed by atoms with Crippen LogP contribution in [0.25, 0.3) is 0 Å². The molecule has 1 aromatic carbocycles. The minimum absolute atomic E-state index is 0.0203. The smallest absolute Gasteiger partial charge is 0.257 e. The molecule has 0 bridgehead atoms. The fourth-order valence-electron chi connectivity index (χ4n) is 3.46. The first-order valence-electron chi connectivity index (χ1n) is 9.61. The van der Waals surface area contributed by atoms with E-state index in [1.807, 2.05) is 30.3 Å². The van der Waals surface area contributed by atoms with Gasteiger partial charge in [-0.05, 0) is 39.2 Å². The molecule has 1 atom stereocenters. The summed E-state index contributed by atoms with van der Waals surface area (Å²) in [6.45, 7) is 7.07. The normalized spacial score (nSPS) is 17.7. The van der Waals surface area contributed by atoms with E-state index in [-0.39, 0.29) is 23.9 Å². The fourth-order valence-corrected chi connectivity index (χ4v) is 3.46. The van der Waals surface area contributed by atoms with Gasteiger partial charge < -0.3 is 15.7 Å². The Kier molecular flexibility index (Phi) is 7.25. The molecule has 2 rings (SSSR count). The van der Waals surface area contributed by atoms with Gasteiger partial charge in [-0.1, -0.05) is 61.4 Å². The highest BCUT2D eigenvalue weighted by atomic mass is 16.3. The summed E-state index contributed by atoms with van der Waals surface area (Å²) in [5, 5.41) is 17.5. The Bertz CT molecular complexity index is 634. The van der Waals surface area contributed by atoms with Crippen molar-refractivity contribution in [2.45, 2.75) is 64.0 Å². The third kappa shape index (κ3) is 5.59. The Labute approximate surface area is 157 Å². The number of benzene rings is 1. The maximum absolute atomic E-state index is 12.9. The molecule has 26 heavy (non-hydrogen) atoms. The van der Waals surface area contributed by atoms with Gasteiger partial charge >= 0.3 is 0 Å². The van der Waals surface area contributed by atoms with Gasteiger partial charge in [0.1, 0.15) is 0 Å². The summed E-state index contributed by atoms with van der Waals surface area (Å²) in [4.78, 5) is 12.9. The Hall–Kier alpha value is -1.83. The van der Waals surface area contributed by atoms with Crippen LogP contribution in [0.5, 0.6) is 0 Å². The second-order valence-electron chi connectivity index (χ2n) is 8.11. The first kappa shape index (κ1) is 20.5. The van der Waals surface area contributed by atoms with E-state index in [4.69, 9.17) is 0 Å². The van der Waals surface area contributed by atoms with Gasteiger partial charge in [0.05, 0.1) is 13.1 Å². The van der Waals surface area contributed by atoms with Crippen LogP contribution in [-0.4, -0.2) is 29.6 Å². The molecule has 4 heteroatoms. The number of aliphatic hydroxyl groups is 1. The van der Waals surface area contributed by atoms with Crippen molar-refractivity contribution < 1.29 is 9.90 Å². The van der Waals surface area contributed by atoms with E-state index in [0.717, 1.165) is 25.7 Å². The molecule has 3 N–H and O–H groups in total. The number of carbonyl (C=O) groups is 1. The molecule has 1 saturated carbocycles. The van der Waals surface area contributed by atoms with Crippen LogP contribution in [0.15, 0.2) is 30.3 Å². The predicted molar refractivity (Wildman–Crippen MR) is 105 cm³/mol. The Morgan fingerprint density at radius 3 is 2.31 bits per heavy atom. The summed E-state index contributed by atoms with van der Waals surface area (Å²) in [5.74, 6) is 5.58. The molecular formula is C22H32N2O2. The van der Waals surface area contributed by atoms with Crippen LogP contribution in [0, 0.1) is 17.8 Å². The summed E-state index contributed by atoms with van der Waals surface area (Å²) in [6, 6.07) is 9.32. The number of hydrogen-bond donors (Lipinski definition) is 3. The molecule has 1 aliphatic rings. The van der Waals surface area contributed by atoms with Gasteiger partial charge in [0, 0.05) is 11.5 Å². The highest BCUT2D eigenvalue weighted by molar-refractivity contribution is 5.87. The molecule has 1 amide bonds. The predicted octanol–water partition coefficient (Wildman–Crippen LogP) is 2.96. The van der Waals surface area contributed by atoms with Crippen LogP contribution in [0.3, 0.4) is 0 Å². The number of nitrogens with one attached hydrogen (secondary N) is 2. The largest absolute Gasteiger partial charge is 0.375 e. The fraction of sp³-hybridized carbons (Fsp3) is 0.591. The third-order valence-electron chi connectivity index (χ3n) is 4.93. The van der Waals surface area contributed by atoms with Gasteiger partial charge in [0.15, 0.2) is 5.60 Å². The molecule has 0 aliphatic heterocycles. The van der Waals surface area contributed by atoms with Crippen LogP contribution < -0.4 is 10.6 Å². The van der Waals surface area contributed by atoms with Crippen LogP contribution in [-0.2, 0) is 10.4 Å². The van der Waals surface area contributed by atoms with Crippen molar-refractivity contribution in [3.05, 3.63) is 35.9 Å². The SMILES string of the molecule is CC(C)(C)NCC#CCNC(=O)C(O)(c1ccccc1)C1CCCCC1. The molecule has 0 aromatic heterocycles. The summed E-state index contributed by atoms with van der Waals surface area (Å²) in [5.41, 5.74) is -0.786. The molecule has 0 spiro atoms. The second kappa shape index (κ2) is 9.21. The lowest BCUT2D eigenvalue weighted by molar-refractivity contribution is -0.149. The van der Waals surface area contributed by atoms with E-state index in [1.165, 1.54) is 6.42 Å². The second-order valence-corrected chi connectivity index (χ2v) is 8.11. The molecule has 1 fully saturated rings. The van der Waals surface area contributed by atoms with Crippen molar-refractivity contribution >= 4 is 5.91 Å². The van der Waals surface area contributed by atoms with E-state index < -0.39 is 5.60 Å². The zero-order valence-corrected chi connectivity index (χ0v) is 16.3. The summed E-state index contributed by atoms with van der Waals surface area (Å²) in [7, 11) is 0. The molecule has 1 unspecified atom stereocenters. The lowest BCUT2D eigenvalue weighted by atomic mass is 9.73. The van der Waals surface area contributed by atoms with Crippen molar-refractivity contribution in [2.75, 3.05) is 13.1 Å². The van der Waals surface area contributed by atoms with Crippen LogP contribution in [0.4, 0.5) is 0 Å². The van der Waals surface area contributed by atoms with Gasteiger partial charge in [-0.2, -0.15) is 0 Å². The van der Waals surface area contributed by atoms with Crippen molar-refractivity contribution in [1.29, 1.82) is 0 Å². The summed E-state index contributed by atoms with van der Waals surface area (Å²) < 4.78 is 0. The minimum Gasteiger partial charge on any atom is -0.375 e. The molecule has 0 radical (unpaired) electrons. The summed E-state index contributed by atoms with van der Waals surface area (Å²) in [6.07, 6.45) is 5.05. The van der Waals surface area contributed by atoms with Crippen LogP contribution >= 0.6 is 0 Å². The number of rotatable bonds is 5. The molecule has 0 saturated heterocycles. The zero-order valence-electron chi connectivity index (χ0n) is 16.3. The van der Waals surface area contributed by atoms with Crippen molar-refractivity contribution in [3.8, 4) is 11.8 Å². The van der Waals surface area contributed by atoms with E-state index in [9.17, 15) is 9.90 Å². The molecule has 142 valence electrons. The van der Waals surface area contributed by atoms with Gasteiger partial charge in [0.2, 0.25) is 0 Å². The first-order valence-corrected chi connectivity index (χ1v) is 9.61. The minimum atomic E-state index is -1.48. The Morgan fingerprint density at radius 2 is 1.69 bits per heavy atom. The Morgan fingerprint density at radius 1 is 1.08 bits per heavy atom. The molecule has 4 nitrogen and oxygen atoms in total. The molecule has 1 aliphatic carbocycles. The topological polar surface area (TPSA) is 61.4 Å². The van der Waals surface area contributed by atoms with Gasteiger partial charge in [0.25, 0.3) is 5.91 Å². The first-order chi connectivity index (χ1) is 12.3. The van der Waals surface area contributed by atoms with Crippen LogP contribution in [0.1, 0.15) is 58.4 Å². The highest BCUT2D eigenvalue weighted by Gasteiger charge is 2.45. The lowest BCUT2D eigenvalue weighted by Gasteiger charge is -2.37. The maximum Gasteiger partial charge on any atom is 0.257 e. The average Bonchev–Trinajstić information content (AvgIpc) is 2.64. The number of carbonyl (C=O) groups excluding carboxylic acids is 1. The van der Waals surface area contributed by atoms with Crippen molar-refractivity contribution in [3.63, 3.8) is 0 Å². The highest BCUT2D eigenvalue weighted by Crippen LogP contribution is 2.39. The van der Waals surface area contributed by atoms with Gasteiger partial charge in [-0.3, -0.25) is 4.79 Å². The molecule has 0 heterocycles. The van der Waals surface area contributed by atoms with Crippen molar-refractivity contribution in [2.24, 2.45) is 5.92 Å². The standard InChI is InChI=1S/C22H32N2O2/c1-21(2,3)24-17-11-10-16-23-20(25)22(26,18-12-6-4-7-13-18)19-14-8-5-9-15-19/h4,6-7,12-13,19,24,26H,5,8-9,14-17H2,1-3H3,(H,23,25). The Balaban J connectivity index is 2.04. The third-order valence-corrected chi connectivity index (χ3v) is 4.93. The molecule has 1 aromatic rings. The van der Waals surface area contributed by atoms with Gasteiger partial charge in [-0.15, -0.1) is 0 Å². The van der Waals surface area contributed by atoms with E-state index in [2.05, 4.69) is 43.2 Å². The average molecular weight is 357 g/mol. The van der Waals surface area contributed by atoms with E-state index >= 15 is 0 Å². The zero-order chi connectivity index (χ0) is 19.0. The summed E-state index contributed by atoms with van der Waals surface area (Å²) >= 11 is 0.